The van der Waals surface area contributed by atoms with Crippen LogP contribution < -0.4 is 14.8 Å². The summed E-state index contributed by atoms with van der Waals surface area (Å²) < 4.78 is 11.3. The molecule has 0 unspecified atom stereocenters. The van der Waals surface area contributed by atoms with Gasteiger partial charge in [0, 0.05) is 52.7 Å². The molecule has 6 nitrogen and oxygen atoms in total. The minimum Gasteiger partial charge on any atom is -0.493 e. The summed E-state index contributed by atoms with van der Waals surface area (Å²) in [6, 6.07) is 9.42. The van der Waals surface area contributed by atoms with Crippen LogP contribution in [0.25, 0.3) is 11.3 Å². The van der Waals surface area contributed by atoms with E-state index in [1.165, 1.54) is 0 Å². The van der Waals surface area contributed by atoms with Gasteiger partial charge in [0.1, 0.15) is 0 Å². The van der Waals surface area contributed by atoms with E-state index < -0.39 is 0 Å². The fourth-order valence-electron chi connectivity index (χ4n) is 3.47. The smallest absolute Gasteiger partial charge is 0.161 e. The first-order valence-electron chi connectivity index (χ1n) is 9.31. The summed E-state index contributed by atoms with van der Waals surface area (Å²) in [5.41, 5.74) is 5.06. The van der Waals surface area contributed by atoms with Gasteiger partial charge in [0.05, 0.1) is 19.4 Å². The Bertz CT molecular complexity index is 1020. The predicted octanol–water partition coefficient (Wildman–Crippen LogP) is 4.67. The molecule has 3 aromatic rings. The number of aromatic amines is 1. The quantitative estimate of drug-likeness (QED) is 0.352. The molecule has 29 heavy (non-hydrogen) atoms. The van der Waals surface area contributed by atoms with Crippen LogP contribution in [0.2, 0.25) is 10.0 Å². The van der Waals surface area contributed by atoms with Crippen molar-refractivity contribution in [1.29, 1.82) is 0 Å². The lowest BCUT2D eigenvalue weighted by Crippen LogP contribution is -2.03. The molecule has 0 radical (unpaired) electrons. The number of rotatable bonds is 8. The lowest BCUT2D eigenvalue weighted by atomic mass is 10.1. The summed E-state index contributed by atoms with van der Waals surface area (Å²) in [6.07, 6.45) is 1.29. The highest BCUT2D eigenvalue weighted by atomic mass is 35.5. The van der Waals surface area contributed by atoms with E-state index in [9.17, 15) is 0 Å². The number of halogens is 2. The predicted molar refractivity (Wildman–Crippen MR) is 114 cm³/mol. The van der Waals surface area contributed by atoms with Crippen LogP contribution in [0.3, 0.4) is 0 Å². The molecule has 8 heteroatoms. The normalized spacial score (nSPS) is 11.9. The first-order chi connectivity index (χ1) is 14.1. The Hall–Kier alpha value is -2.41. The molecule has 4 rings (SSSR count). The number of hydrogen-bond donors (Lipinski definition) is 3. The van der Waals surface area contributed by atoms with Crippen molar-refractivity contribution in [3.8, 4) is 22.8 Å². The molecule has 0 atom stereocenters. The van der Waals surface area contributed by atoms with Gasteiger partial charge in [-0.05, 0) is 29.8 Å². The van der Waals surface area contributed by atoms with E-state index in [1.54, 1.807) is 7.11 Å². The molecule has 1 heterocycles. The van der Waals surface area contributed by atoms with Gasteiger partial charge in [-0.1, -0.05) is 29.3 Å². The molecule has 0 fully saturated rings. The summed E-state index contributed by atoms with van der Waals surface area (Å²) in [7, 11) is 1.61. The molecule has 2 aromatic carbocycles. The second kappa shape index (κ2) is 8.53. The van der Waals surface area contributed by atoms with Crippen LogP contribution in [0.4, 0.5) is 5.82 Å². The Morgan fingerprint density at radius 3 is 2.72 bits per heavy atom. The zero-order valence-corrected chi connectivity index (χ0v) is 17.4. The monoisotopic (exact) mass is 433 g/mol. The summed E-state index contributed by atoms with van der Waals surface area (Å²) in [5, 5.41) is 21.1. The Labute approximate surface area is 178 Å². The van der Waals surface area contributed by atoms with Crippen molar-refractivity contribution in [3.05, 3.63) is 57.1 Å². The Morgan fingerprint density at radius 2 is 2.00 bits per heavy atom. The van der Waals surface area contributed by atoms with Crippen LogP contribution >= 0.6 is 23.2 Å². The van der Waals surface area contributed by atoms with Crippen molar-refractivity contribution in [2.45, 2.75) is 19.4 Å². The van der Waals surface area contributed by atoms with E-state index in [4.69, 9.17) is 37.8 Å². The van der Waals surface area contributed by atoms with Gasteiger partial charge in [-0.3, -0.25) is 5.10 Å². The van der Waals surface area contributed by atoms with E-state index in [2.05, 4.69) is 15.5 Å². The molecule has 1 aromatic heterocycles. The Kier molecular flexibility index (Phi) is 5.85. The van der Waals surface area contributed by atoms with Crippen LogP contribution in [0.5, 0.6) is 11.5 Å². The van der Waals surface area contributed by atoms with Crippen molar-refractivity contribution < 1.29 is 14.6 Å². The highest BCUT2D eigenvalue weighted by Gasteiger charge is 2.27. The number of H-pyrrole nitrogens is 1. The molecular formula is C21H21Cl2N3O3. The number of aromatic nitrogens is 2. The van der Waals surface area contributed by atoms with Crippen molar-refractivity contribution >= 4 is 29.0 Å². The molecule has 3 N–H and O–H groups in total. The van der Waals surface area contributed by atoms with E-state index in [0.29, 0.717) is 41.1 Å². The number of anilines is 1. The fraction of sp³-hybridized carbons (Fsp3) is 0.286. The van der Waals surface area contributed by atoms with Gasteiger partial charge in [-0.15, -0.1) is 0 Å². The van der Waals surface area contributed by atoms with Crippen LogP contribution in [0.15, 0.2) is 30.3 Å². The molecule has 0 aliphatic heterocycles. The third-order valence-corrected chi connectivity index (χ3v) is 5.66. The highest BCUT2D eigenvalue weighted by molar-refractivity contribution is 6.36. The van der Waals surface area contributed by atoms with Crippen LogP contribution in [0.1, 0.15) is 23.1 Å². The number of methoxy groups -OCH3 is 1. The topological polar surface area (TPSA) is 79.4 Å². The van der Waals surface area contributed by atoms with Gasteiger partial charge >= 0.3 is 0 Å². The molecule has 0 amide bonds. The van der Waals surface area contributed by atoms with E-state index >= 15 is 0 Å². The first kappa shape index (κ1) is 19.9. The SMILES string of the molecule is COc1cc2c(cc1OCCCO)Cc1c(NCc3c(Cl)cccc3Cl)n[nH]c1-2. The second-order valence-corrected chi connectivity index (χ2v) is 7.56. The van der Waals surface area contributed by atoms with Crippen LogP contribution in [-0.4, -0.2) is 35.6 Å². The van der Waals surface area contributed by atoms with Crippen molar-refractivity contribution in [3.63, 3.8) is 0 Å². The number of hydrogen-bond acceptors (Lipinski definition) is 5. The molecule has 0 saturated carbocycles. The molecule has 0 spiro atoms. The van der Waals surface area contributed by atoms with Gasteiger partial charge in [-0.2, -0.15) is 5.10 Å². The number of fused-ring (bicyclic) bond motifs is 3. The third-order valence-electron chi connectivity index (χ3n) is 4.95. The molecule has 1 aliphatic rings. The zero-order valence-electron chi connectivity index (χ0n) is 15.9. The van der Waals surface area contributed by atoms with E-state index in [0.717, 1.165) is 40.2 Å². The molecular weight excluding hydrogens is 413 g/mol. The number of ether oxygens (including phenoxy) is 2. The number of aliphatic hydroxyl groups is 1. The maximum Gasteiger partial charge on any atom is 0.161 e. The number of nitrogens with one attached hydrogen (secondary N) is 2. The lowest BCUT2D eigenvalue weighted by molar-refractivity contribution is 0.228. The van der Waals surface area contributed by atoms with Gasteiger partial charge < -0.3 is 19.9 Å². The van der Waals surface area contributed by atoms with E-state index in [-0.39, 0.29) is 6.61 Å². The average molecular weight is 434 g/mol. The Morgan fingerprint density at radius 1 is 1.21 bits per heavy atom. The molecule has 0 saturated heterocycles. The zero-order chi connectivity index (χ0) is 20.4. The minimum absolute atomic E-state index is 0.0912. The fourth-order valence-corrected chi connectivity index (χ4v) is 4.00. The van der Waals surface area contributed by atoms with E-state index in [1.807, 2.05) is 30.3 Å². The Balaban J connectivity index is 1.56. The summed E-state index contributed by atoms with van der Waals surface area (Å²) >= 11 is 12.5. The summed E-state index contributed by atoms with van der Waals surface area (Å²) in [6.45, 7) is 1.00. The maximum atomic E-state index is 8.97. The van der Waals surface area contributed by atoms with Crippen LogP contribution in [0, 0.1) is 0 Å². The first-order valence-corrected chi connectivity index (χ1v) is 10.1. The number of nitrogens with zero attached hydrogens (tertiary/aromatic N) is 1. The van der Waals surface area contributed by atoms with Gasteiger partial charge in [0.25, 0.3) is 0 Å². The maximum absolute atomic E-state index is 8.97. The number of benzene rings is 2. The summed E-state index contributed by atoms with van der Waals surface area (Å²) in [5.74, 6) is 2.10. The van der Waals surface area contributed by atoms with Crippen molar-refractivity contribution in [1.82, 2.24) is 10.2 Å². The van der Waals surface area contributed by atoms with Gasteiger partial charge in [-0.25, -0.2) is 0 Å². The van der Waals surface area contributed by atoms with Crippen molar-refractivity contribution in [2.24, 2.45) is 0 Å². The van der Waals surface area contributed by atoms with Gasteiger partial charge in [0.2, 0.25) is 0 Å². The highest BCUT2D eigenvalue weighted by Crippen LogP contribution is 2.44. The minimum atomic E-state index is 0.0912. The largest absolute Gasteiger partial charge is 0.493 e. The molecule has 0 bridgehead atoms. The lowest BCUT2D eigenvalue weighted by Gasteiger charge is -2.12. The third kappa shape index (κ3) is 3.88. The van der Waals surface area contributed by atoms with Gasteiger partial charge in [0.15, 0.2) is 17.3 Å². The summed E-state index contributed by atoms with van der Waals surface area (Å²) in [4.78, 5) is 0. The average Bonchev–Trinajstić information content (AvgIpc) is 3.26. The standard InChI is InChI=1S/C21H21Cl2N3O3/c1-28-18-10-13-12(9-19(18)29-7-3-6-27)8-14-20(13)25-26-21(14)24-11-15-16(22)4-2-5-17(15)23/h2,4-5,9-10,27H,3,6-8,11H2,1H3,(H2,24,25,26). The molecule has 1 aliphatic carbocycles. The number of aliphatic hydroxyl groups excluding tert-OH is 1. The van der Waals surface area contributed by atoms with Crippen LogP contribution in [-0.2, 0) is 13.0 Å². The molecule has 152 valence electrons. The van der Waals surface area contributed by atoms with Crippen molar-refractivity contribution in [2.75, 3.05) is 25.6 Å². The second-order valence-electron chi connectivity index (χ2n) is 6.74.